The smallest absolute Gasteiger partial charge is 0.347 e. The number of ether oxygens (including phenoxy) is 3. The monoisotopic (exact) mass is 338 g/mol. The Morgan fingerprint density at radius 3 is 2.52 bits per heavy atom. The van der Waals surface area contributed by atoms with Crippen LogP contribution in [0.2, 0.25) is 0 Å². The van der Waals surface area contributed by atoms with Gasteiger partial charge in [0.2, 0.25) is 6.10 Å². The van der Waals surface area contributed by atoms with E-state index < -0.39 is 18.0 Å². The van der Waals surface area contributed by atoms with Crippen molar-refractivity contribution in [1.82, 2.24) is 0 Å². The van der Waals surface area contributed by atoms with Crippen LogP contribution in [0, 0.1) is 0 Å². The van der Waals surface area contributed by atoms with Gasteiger partial charge in [0.25, 0.3) is 0 Å². The Morgan fingerprint density at radius 2 is 1.84 bits per heavy atom. The van der Waals surface area contributed by atoms with Crippen LogP contribution < -0.4 is 4.74 Å². The molecule has 25 heavy (non-hydrogen) atoms. The maximum atomic E-state index is 12.7. The molecule has 1 atom stereocenters. The molecule has 1 aliphatic rings. The summed E-state index contributed by atoms with van der Waals surface area (Å²) in [5.41, 5.74) is 1.80. The van der Waals surface area contributed by atoms with Gasteiger partial charge in [-0.15, -0.1) is 0 Å². The van der Waals surface area contributed by atoms with E-state index in [-0.39, 0.29) is 6.61 Å². The fourth-order valence-corrected chi connectivity index (χ4v) is 2.60. The molecule has 1 aliphatic heterocycles. The first-order valence-electron chi connectivity index (χ1n) is 7.97. The van der Waals surface area contributed by atoms with Crippen molar-refractivity contribution < 1.29 is 23.8 Å². The molecule has 3 rings (SSSR count). The normalized spacial score (nSPS) is 17.1. The number of para-hydroxylation sites is 1. The van der Waals surface area contributed by atoms with Crippen LogP contribution in [0.1, 0.15) is 17.5 Å². The van der Waals surface area contributed by atoms with E-state index >= 15 is 0 Å². The summed E-state index contributed by atoms with van der Waals surface area (Å²) in [7, 11) is 1.57. The molecule has 1 fully saturated rings. The van der Waals surface area contributed by atoms with Crippen molar-refractivity contribution in [2.45, 2.75) is 12.5 Å². The number of esters is 2. The van der Waals surface area contributed by atoms with E-state index in [1.54, 1.807) is 13.2 Å². The second-order valence-corrected chi connectivity index (χ2v) is 5.52. The first kappa shape index (κ1) is 16.8. The molecule has 5 nitrogen and oxygen atoms in total. The van der Waals surface area contributed by atoms with Crippen molar-refractivity contribution >= 4 is 23.6 Å². The van der Waals surface area contributed by atoms with Crippen LogP contribution in [0.5, 0.6) is 5.75 Å². The van der Waals surface area contributed by atoms with Gasteiger partial charge in [-0.25, -0.2) is 9.59 Å². The summed E-state index contributed by atoms with van der Waals surface area (Å²) in [6.07, 6.45) is 1.23. The number of carbonyl (C=O) groups excluding carboxylic acids is 2. The summed E-state index contributed by atoms with van der Waals surface area (Å²) in [6, 6.07) is 16.5. The van der Waals surface area contributed by atoms with Crippen LogP contribution in [0.4, 0.5) is 0 Å². The minimum Gasteiger partial charge on any atom is -0.496 e. The minimum atomic E-state index is -0.850. The lowest BCUT2D eigenvalue weighted by Gasteiger charge is -2.12. The lowest BCUT2D eigenvalue weighted by atomic mass is 10.0. The predicted octanol–water partition coefficient (Wildman–Crippen LogP) is 3.09. The van der Waals surface area contributed by atoms with E-state index in [4.69, 9.17) is 14.2 Å². The van der Waals surface area contributed by atoms with E-state index in [1.807, 2.05) is 54.6 Å². The van der Waals surface area contributed by atoms with Gasteiger partial charge in [0, 0.05) is 12.0 Å². The van der Waals surface area contributed by atoms with Crippen LogP contribution in [0.25, 0.3) is 11.6 Å². The molecule has 5 heteroatoms. The zero-order valence-corrected chi connectivity index (χ0v) is 13.8. The lowest BCUT2D eigenvalue weighted by molar-refractivity contribution is -0.156. The minimum absolute atomic E-state index is 0.272. The van der Waals surface area contributed by atoms with Crippen molar-refractivity contribution in [2.75, 3.05) is 13.7 Å². The SMILES string of the molecule is COc1ccccc1/C=C(/C(=O)O[C@@H]1CCOC1=O)c1ccccc1. The zero-order valence-electron chi connectivity index (χ0n) is 13.8. The average molecular weight is 338 g/mol. The van der Waals surface area contributed by atoms with Crippen LogP contribution in [-0.2, 0) is 19.1 Å². The number of hydrogen-bond donors (Lipinski definition) is 0. The summed E-state index contributed by atoms with van der Waals surface area (Å²) >= 11 is 0. The molecule has 0 radical (unpaired) electrons. The molecule has 0 amide bonds. The van der Waals surface area contributed by atoms with Crippen LogP contribution >= 0.6 is 0 Å². The zero-order chi connectivity index (χ0) is 17.6. The molecule has 0 spiro atoms. The van der Waals surface area contributed by atoms with Gasteiger partial charge in [-0.1, -0.05) is 48.5 Å². The topological polar surface area (TPSA) is 61.8 Å². The summed E-state index contributed by atoms with van der Waals surface area (Å²) in [6.45, 7) is 0.272. The fourth-order valence-electron chi connectivity index (χ4n) is 2.60. The number of hydrogen-bond acceptors (Lipinski definition) is 5. The highest BCUT2D eigenvalue weighted by atomic mass is 16.6. The molecule has 0 unspecified atom stereocenters. The third-order valence-electron chi connectivity index (χ3n) is 3.88. The van der Waals surface area contributed by atoms with E-state index in [2.05, 4.69) is 0 Å². The Labute approximate surface area is 145 Å². The van der Waals surface area contributed by atoms with Crippen molar-refractivity contribution in [3.8, 4) is 5.75 Å². The standard InChI is InChI=1S/C20H18O5/c1-23-17-10-6-5-9-15(17)13-16(14-7-3-2-4-8-14)19(21)25-18-11-12-24-20(18)22/h2-10,13,18H,11-12H2,1H3/b16-13+/t18-/m1/s1. The van der Waals surface area contributed by atoms with Gasteiger partial charge in [0.05, 0.1) is 19.3 Å². The molecular weight excluding hydrogens is 320 g/mol. The highest BCUT2D eigenvalue weighted by Crippen LogP contribution is 2.26. The number of rotatable bonds is 5. The molecule has 0 bridgehead atoms. The maximum absolute atomic E-state index is 12.7. The van der Waals surface area contributed by atoms with Gasteiger partial charge < -0.3 is 14.2 Å². The fraction of sp³-hybridized carbons (Fsp3) is 0.200. The molecule has 0 N–H and O–H groups in total. The van der Waals surface area contributed by atoms with Crippen LogP contribution in [0.3, 0.4) is 0 Å². The molecule has 0 saturated carbocycles. The second-order valence-electron chi connectivity index (χ2n) is 5.52. The second kappa shape index (κ2) is 7.66. The Hall–Kier alpha value is -3.08. The predicted molar refractivity (Wildman–Crippen MR) is 92.8 cm³/mol. The number of cyclic esters (lactones) is 1. The largest absolute Gasteiger partial charge is 0.496 e. The Kier molecular flexibility index (Phi) is 5.14. The van der Waals surface area contributed by atoms with Gasteiger partial charge in [-0.3, -0.25) is 0 Å². The van der Waals surface area contributed by atoms with E-state index in [0.29, 0.717) is 23.3 Å². The quantitative estimate of drug-likeness (QED) is 0.476. The molecule has 1 saturated heterocycles. The van der Waals surface area contributed by atoms with E-state index in [0.717, 1.165) is 5.56 Å². The van der Waals surface area contributed by atoms with Gasteiger partial charge in [-0.2, -0.15) is 0 Å². The van der Waals surface area contributed by atoms with E-state index in [9.17, 15) is 9.59 Å². The molecular formula is C20H18O5. The first-order valence-corrected chi connectivity index (χ1v) is 7.97. The Morgan fingerprint density at radius 1 is 1.12 bits per heavy atom. The highest BCUT2D eigenvalue weighted by Gasteiger charge is 2.31. The molecule has 0 aliphatic carbocycles. The molecule has 2 aromatic rings. The highest BCUT2D eigenvalue weighted by molar-refractivity contribution is 6.22. The third kappa shape index (κ3) is 3.88. The molecule has 1 heterocycles. The van der Waals surface area contributed by atoms with Crippen LogP contribution in [0.15, 0.2) is 54.6 Å². The van der Waals surface area contributed by atoms with Crippen molar-refractivity contribution in [2.24, 2.45) is 0 Å². The number of carbonyl (C=O) groups is 2. The Bertz CT molecular complexity index is 795. The van der Waals surface area contributed by atoms with Gasteiger partial charge in [0.15, 0.2) is 0 Å². The van der Waals surface area contributed by atoms with Crippen molar-refractivity contribution in [3.63, 3.8) is 0 Å². The molecule has 128 valence electrons. The lowest BCUT2D eigenvalue weighted by Crippen LogP contribution is -2.23. The van der Waals surface area contributed by atoms with Crippen molar-refractivity contribution in [1.29, 1.82) is 0 Å². The molecule has 0 aromatic heterocycles. The summed E-state index contributed by atoms with van der Waals surface area (Å²) in [4.78, 5) is 24.3. The van der Waals surface area contributed by atoms with Crippen molar-refractivity contribution in [3.05, 3.63) is 65.7 Å². The van der Waals surface area contributed by atoms with E-state index in [1.165, 1.54) is 0 Å². The average Bonchev–Trinajstić information content (AvgIpc) is 3.05. The Balaban J connectivity index is 1.96. The third-order valence-corrected chi connectivity index (χ3v) is 3.88. The van der Waals surface area contributed by atoms with Gasteiger partial charge in [-0.05, 0) is 17.7 Å². The number of methoxy groups -OCH3 is 1. The first-order chi connectivity index (χ1) is 12.2. The number of benzene rings is 2. The van der Waals surface area contributed by atoms with Gasteiger partial charge >= 0.3 is 11.9 Å². The maximum Gasteiger partial charge on any atom is 0.347 e. The summed E-state index contributed by atoms with van der Waals surface area (Å²) in [5.74, 6) is -0.428. The molecule has 2 aromatic carbocycles. The van der Waals surface area contributed by atoms with Gasteiger partial charge in [0.1, 0.15) is 5.75 Å². The van der Waals surface area contributed by atoms with Crippen LogP contribution in [-0.4, -0.2) is 31.8 Å². The summed E-state index contributed by atoms with van der Waals surface area (Å²) in [5, 5.41) is 0. The summed E-state index contributed by atoms with van der Waals surface area (Å²) < 4.78 is 15.6.